The highest BCUT2D eigenvalue weighted by Gasteiger charge is 2.48. The van der Waals surface area contributed by atoms with Crippen LogP contribution in [0.2, 0.25) is 5.02 Å². The van der Waals surface area contributed by atoms with Crippen molar-refractivity contribution in [3.8, 4) is 0 Å². The summed E-state index contributed by atoms with van der Waals surface area (Å²) in [6.45, 7) is 4.42. The maximum Gasteiger partial charge on any atom is 0.313 e. The summed E-state index contributed by atoms with van der Waals surface area (Å²) in [5.41, 5.74) is 2.08. The predicted molar refractivity (Wildman–Crippen MR) is 80.5 cm³/mol. The molecule has 1 fully saturated rings. The summed E-state index contributed by atoms with van der Waals surface area (Å²) in [4.78, 5) is 15.3. The van der Waals surface area contributed by atoms with E-state index in [0.717, 1.165) is 22.6 Å². The van der Waals surface area contributed by atoms with Gasteiger partial charge in [-0.3, -0.25) is 4.79 Å². The Morgan fingerprint density at radius 2 is 2.30 bits per heavy atom. The summed E-state index contributed by atoms with van der Waals surface area (Å²) in [5.74, 6) is -0.814. The van der Waals surface area contributed by atoms with E-state index in [4.69, 9.17) is 16.7 Å². The van der Waals surface area contributed by atoms with Crippen LogP contribution in [0.4, 0.5) is 0 Å². The van der Waals surface area contributed by atoms with Gasteiger partial charge in [-0.05, 0) is 30.0 Å². The molecule has 1 saturated carbocycles. The SMILES string of the molecule is CC1(C)CC1n1c(SCC(=O)O)nc2ccc(Cl)cc21. The Labute approximate surface area is 126 Å². The molecule has 0 amide bonds. The van der Waals surface area contributed by atoms with Gasteiger partial charge in [0.15, 0.2) is 5.16 Å². The Morgan fingerprint density at radius 1 is 1.60 bits per heavy atom. The molecule has 1 aromatic heterocycles. The number of imidazole rings is 1. The molecule has 1 heterocycles. The fourth-order valence-corrected chi connectivity index (χ4v) is 3.40. The monoisotopic (exact) mass is 310 g/mol. The lowest BCUT2D eigenvalue weighted by atomic mass is 10.2. The molecule has 0 radical (unpaired) electrons. The third-order valence-corrected chi connectivity index (χ3v) is 4.89. The fraction of sp³-hybridized carbons (Fsp3) is 0.429. The summed E-state index contributed by atoms with van der Waals surface area (Å²) in [6, 6.07) is 5.96. The molecule has 0 aliphatic heterocycles. The zero-order valence-electron chi connectivity index (χ0n) is 11.3. The zero-order valence-corrected chi connectivity index (χ0v) is 12.8. The second-order valence-electron chi connectivity index (χ2n) is 5.79. The van der Waals surface area contributed by atoms with Gasteiger partial charge in [-0.25, -0.2) is 4.98 Å². The van der Waals surface area contributed by atoms with Crippen LogP contribution in [0, 0.1) is 5.41 Å². The number of fused-ring (bicyclic) bond motifs is 1. The standard InChI is InChI=1S/C14H15ClN2O2S/c1-14(2)6-11(14)17-10-5-8(15)3-4-9(10)16-13(17)20-7-12(18)19/h3-5,11H,6-7H2,1-2H3,(H,18,19). The second kappa shape index (κ2) is 4.67. The minimum Gasteiger partial charge on any atom is -0.481 e. The molecule has 1 aliphatic rings. The highest BCUT2D eigenvalue weighted by Crippen LogP contribution is 2.57. The van der Waals surface area contributed by atoms with Gasteiger partial charge in [0, 0.05) is 11.1 Å². The van der Waals surface area contributed by atoms with Crippen LogP contribution in [0.25, 0.3) is 11.0 Å². The maximum atomic E-state index is 10.8. The van der Waals surface area contributed by atoms with Crippen LogP contribution in [-0.4, -0.2) is 26.4 Å². The van der Waals surface area contributed by atoms with E-state index in [-0.39, 0.29) is 11.2 Å². The minimum atomic E-state index is -0.832. The van der Waals surface area contributed by atoms with Gasteiger partial charge in [0.1, 0.15) is 0 Å². The van der Waals surface area contributed by atoms with Crippen molar-refractivity contribution in [1.29, 1.82) is 0 Å². The Morgan fingerprint density at radius 3 is 2.90 bits per heavy atom. The quantitative estimate of drug-likeness (QED) is 0.872. The first-order valence-electron chi connectivity index (χ1n) is 6.40. The van der Waals surface area contributed by atoms with E-state index in [9.17, 15) is 4.79 Å². The van der Waals surface area contributed by atoms with Crippen LogP contribution < -0.4 is 0 Å². The van der Waals surface area contributed by atoms with E-state index in [2.05, 4.69) is 23.4 Å². The number of carboxylic acid groups (broad SMARTS) is 1. The lowest BCUT2D eigenvalue weighted by Crippen LogP contribution is -2.04. The number of nitrogens with zero attached hydrogens (tertiary/aromatic N) is 2. The van der Waals surface area contributed by atoms with Crippen LogP contribution in [-0.2, 0) is 4.79 Å². The van der Waals surface area contributed by atoms with Crippen LogP contribution in [0.3, 0.4) is 0 Å². The van der Waals surface area contributed by atoms with Gasteiger partial charge in [-0.15, -0.1) is 0 Å². The Hall–Kier alpha value is -1.20. The van der Waals surface area contributed by atoms with Gasteiger partial charge in [-0.2, -0.15) is 0 Å². The van der Waals surface area contributed by atoms with Crippen LogP contribution in [0.15, 0.2) is 23.4 Å². The Bertz CT molecular complexity index is 696. The summed E-state index contributed by atoms with van der Waals surface area (Å²) < 4.78 is 2.15. The Balaban J connectivity index is 2.08. The molecular formula is C14H15ClN2O2S. The summed E-state index contributed by atoms with van der Waals surface area (Å²) in [6.07, 6.45) is 1.08. The smallest absolute Gasteiger partial charge is 0.313 e. The summed E-state index contributed by atoms with van der Waals surface area (Å²) >= 11 is 7.35. The fourth-order valence-electron chi connectivity index (χ4n) is 2.45. The van der Waals surface area contributed by atoms with Crippen molar-refractivity contribution < 1.29 is 9.90 Å². The first kappa shape index (κ1) is 13.8. The summed E-state index contributed by atoms with van der Waals surface area (Å²) in [5, 5.41) is 10.3. The van der Waals surface area contributed by atoms with E-state index in [1.165, 1.54) is 11.8 Å². The van der Waals surface area contributed by atoms with Gasteiger partial charge in [0.25, 0.3) is 0 Å². The second-order valence-corrected chi connectivity index (χ2v) is 7.17. The number of carbonyl (C=O) groups is 1. The molecule has 20 heavy (non-hydrogen) atoms. The first-order chi connectivity index (χ1) is 9.38. The Kier molecular flexibility index (Phi) is 3.21. The van der Waals surface area contributed by atoms with Crippen LogP contribution in [0.1, 0.15) is 26.3 Å². The molecule has 1 aliphatic carbocycles. The number of benzene rings is 1. The molecule has 6 heteroatoms. The van der Waals surface area contributed by atoms with Crippen molar-refractivity contribution >= 4 is 40.4 Å². The largest absolute Gasteiger partial charge is 0.481 e. The lowest BCUT2D eigenvalue weighted by Gasteiger charge is -2.10. The normalized spacial score (nSPS) is 20.2. The van der Waals surface area contributed by atoms with Crippen molar-refractivity contribution in [3.63, 3.8) is 0 Å². The molecule has 4 nitrogen and oxygen atoms in total. The molecule has 0 bridgehead atoms. The van der Waals surface area contributed by atoms with Crippen molar-refractivity contribution in [2.45, 2.75) is 31.5 Å². The molecule has 0 spiro atoms. The molecular weight excluding hydrogens is 296 g/mol. The van der Waals surface area contributed by atoms with Gasteiger partial charge in [0.2, 0.25) is 0 Å². The topological polar surface area (TPSA) is 55.1 Å². The highest BCUT2D eigenvalue weighted by atomic mass is 35.5. The number of aromatic nitrogens is 2. The van der Waals surface area contributed by atoms with Gasteiger partial charge in [0.05, 0.1) is 16.8 Å². The maximum absolute atomic E-state index is 10.8. The number of halogens is 1. The highest BCUT2D eigenvalue weighted by molar-refractivity contribution is 7.99. The molecule has 1 aromatic carbocycles. The average molecular weight is 311 g/mol. The minimum absolute atomic E-state index is 0.0181. The van der Waals surface area contributed by atoms with Crippen molar-refractivity contribution in [2.75, 3.05) is 5.75 Å². The molecule has 2 aromatic rings. The summed E-state index contributed by atoms with van der Waals surface area (Å²) in [7, 11) is 0. The number of rotatable bonds is 4. The van der Waals surface area contributed by atoms with E-state index >= 15 is 0 Å². The van der Waals surface area contributed by atoms with Crippen molar-refractivity contribution in [1.82, 2.24) is 9.55 Å². The number of aliphatic carboxylic acids is 1. The van der Waals surface area contributed by atoms with Gasteiger partial charge in [-0.1, -0.05) is 37.2 Å². The number of carboxylic acids is 1. The third kappa shape index (κ3) is 2.40. The van der Waals surface area contributed by atoms with Gasteiger partial charge < -0.3 is 9.67 Å². The van der Waals surface area contributed by atoms with Gasteiger partial charge >= 0.3 is 5.97 Å². The molecule has 1 unspecified atom stereocenters. The molecule has 1 atom stereocenters. The van der Waals surface area contributed by atoms with Crippen molar-refractivity contribution in [3.05, 3.63) is 23.2 Å². The molecule has 1 N–H and O–H groups in total. The van der Waals surface area contributed by atoms with E-state index in [1.807, 2.05) is 18.2 Å². The zero-order chi connectivity index (χ0) is 14.5. The van der Waals surface area contributed by atoms with Crippen molar-refractivity contribution in [2.24, 2.45) is 5.41 Å². The van der Waals surface area contributed by atoms with Crippen LogP contribution in [0.5, 0.6) is 0 Å². The third-order valence-electron chi connectivity index (χ3n) is 3.72. The lowest BCUT2D eigenvalue weighted by molar-refractivity contribution is -0.133. The number of hydrogen-bond acceptors (Lipinski definition) is 3. The molecule has 3 rings (SSSR count). The first-order valence-corrected chi connectivity index (χ1v) is 7.77. The average Bonchev–Trinajstić information content (AvgIpc) is 2.83. The number of hydrogen-bond donors (Lipinski definition) is 1. The van der Waals surface area contributed by atoms with E-state index in [0.29, 0.717) is 11.1 Å². The number of thioether (sulfide) groups is 1. The molecule has 0 saturated heterocycles. The van der Waals surface area contributed by atoms with Crippen LogP contribution >= 0.6 is 23.4 Å². The predicted octanol–water partition coefficient (Wildman–Crippen LogP) is 3.84. The van der Waals surface area contributed by atoms with E-state index in [1.54, 1.807) is 0 Å². The van der Waals surface area contributed by atoms with E-state index < -0.39 is 5.97 Å². The molecule has 106 valence electrons.